The van der Waals surface area contributed by atoms with E-state index in [4.69, 9.17) is 9.72 Å². The summed E-state index contributed by atoms with van der Waals surface area (Å²) < 4.78 is 49.3. The van der Waals surface area contributed by atoms with E-state index < -0.39 is 6.36 Å². The fourth-order valence-electron chi connectivity index (χ4n) is 4.44. The lowest BCUT2D eigenvalue weighted by atomic mass is 10.1. The number of rotatable bonds is 8. The number of aryl methyl sites for hydroxylation is 1. The molecule has 1 aliphatic heterocycles. The van der Waals surface area contributed by atoms with E-state index in [0.29, 0.717) is 24.1 Å². The summed E-state index contributed by atoms with van der Waals surface area (Å²) in [5.74, 6) is -0.218. The number of pyridine rings is 1. The highest BCUT2D eigenvalue weighted by molar-refractivity contribution is 5.96. The molecule has 5 nitrogen and oxygen atoms in total. The summed E-state index contributed by atoms with van der Waals surface area (Å²) in [7, 11) is 0. The van der Waals surface area contributed by atoms with Crippen LogP contribution in [-0.4, -0.2) is 49.0 Å². The average Bonchev–Trinajstić information content (AvgIpc) is 3.36. The molecule has 1 saturated heterocycles. The van der Waals surface area contributed by atoms with Crippen molar-refractivity contribution in [3.8, 4) is 11.5 Å². The van der Waals surface area contributed by atoms with E-state index in [9.17, 15) is 13.2 Å². The molecular formula is C22H28F3N3O2. The highest BCUT2D eigenvalue weighted by atomic mass is 19.4. The van der Waals surface area contributed by atoms with Gasteiger partial charge in [0, 0.05) is 35.9 Å². The van der Waals surface area contributed by atoms with E-state index in [1.165, 1.54) is 18.9 Å². The maximum atomic E-state index is 13.1. The van der Waals surface area contributed by atoms with Crippen LogP contribution in [0.4, 0.5) is 18.9 Å². The summed E-state index contributed by atoms with van der Waals surface area (Å²) in [5, 5.41) is 3.96. The smallest absolute Gasteiger partial charge is 0.490 e. The Labute approximate surface area is 174 Å². The third-order valence-corrected chi connectivity index (χ3v) is 5.73. The van der Waals surface area contributed by atoms with Gasteiger partial charge in [0.25, 0.3) is 0 Å². The van der Waals surface area contributed by atoms with E-state index >= 15 is 0 Å². The third kappa shape index (κ3) is 4.74. The molecule has 0 unspecified atom stereocenters. The van der Waals surface area contributed by atoms with Crippen LogP contribution in [0.15, 0.2) is 12.1 Å². The number of aromatic nitrogens is 1. The van der Waals surface area contributed by atoms with E-state index in [0.717, 1.165) is 62.3 Å². The number of nitrogens with one attached hydrogen (secondary N) is 1. The summed E-state index contributed by atoms with van der Waals surface area (Å²) in [6.45, 7) is 6.04. The maximum absolute atomic E-state index is 13.1. The molecule has 2 aliphatic rings. The maximum Gasteiger partial charge on any atom is 0.573 e. The normalized spacial score (nSPS) is 16.8. The van der Waals surface area contributed by atoms with Gasteiger partial charge >= 0.3 is 6.36 Å². The van der Waals surface area contributed by atoms with E-state index in [1.807, 2.05) is 6.92 Å². The van der Waals surface area contributed by atoms with Gasteiger partial charge in [-0.3, -0.25) is 4.98 Å². The second-order valence-corrected chi connectivity index (χ2v) is 7.91. The van der Waals surface area contributed by atoms with E-state index in [2.05, 4.69) is 15.0 Å². The fraction of sp³-hybridized carbons (Fsp3) is 0.591. The van der Waals surface area contributed by atoms with Crippen LogP contribution >= 0.6 is 0 Å². The molecule has 2 heterocycles. The second kappa shape index (κ2) is 8.88. The first kappa shape index (κ1) is 21.0. The fourth-order valence-corrected chi connectivity index (χ4v) is 4.44. The first-order valence-corrected chi connectivity index (χ1v) is 10.8. The molecule has 0 spiro atoms. The third-order valence-electron chi connectivity index (χ3n) is 5.73. The van der Waals surface area contributed by atoms with Crippen molar-refractivity contribution in [3.63, 3.8) is 0 Å². The van der Waals surface area contributed by atoms with Crippen LogP contribution in [0.5, 0.6) is 11.5 Å². The molecule has 1 aromatic carbocycles. The molecule has 0 saturated carbocycles. The molecule has 1 N–H and O–H groups in total. The van der Waals surface area contributed by atoms with Gasteiger partial charge in [-0.15, -0.1) is 13.2 Å². The first-order valence-electron chi connectivity index (χ1n) is 10.8. The van der Waals surface area contributed by atoms with Gasteiger partial charge in [0.05, 0.1) is 12.1 Å². The van der Waals surface area contributed by atoms with Crippen molar-refractivity contribution in [1.29, 1.82) is 0 Å². The van der Waals surface area contributed by atoms with Crippen molar-refractivity contribution in [1.82, 2.24) is 9.88 Å². The van der Waals surface area contributed by atoms with Gasteiger partial charge in [-0.1, -0.05) is 0 Å². The van der Waals surface area contributed by atoms with Crippen LogP contribution in [0, 0.1) is 0 Å². The molecule has 30 heavy (non-hydrogen) atoms. The number of halogens is 3. The van der Waals surface area contributed by atoms with Crippen molar-refractivity contribution >= 4 is 16.6 Å². The summed E-state index contributed by atoms with van der Waals surface area (Å²) in [6.07, 6.45) is 1.15. The lowest BCUT2D eigenvalue weighted by molar-refractivity contribution is -0.275. The summed E-state index contributed by atoms with van der Waals surface area (Å²) in [5.41, 5.74) is 3.61. The number of hydrogen-bond acceptors (Lipinski definition) is 5. The Morgan fingerprint density at radius 1 is 1.10 bits per heavy atom. The Balaban J connectivity index is 1.63. The zero-order valence-electron chi connectivity index (χ0n) is 17.3. The van der Waals surface area contributed by atoms with Crippen molar-refractivity contribution < 1.29 is 22.6 Å². The molecule has 0 bridgehead atoms. The standard InChI is InChI=1S/C22H28F3N3O2/c1-2-26-21-15-7-5-8-17(15)27-18-14-19(20(13-16(18)21)30-22(23,24)25)29-12-6-11-28-9-3-4-10-28/h13-14H,2-12H2,1H3,(H,26,27). The van der Waals surface area contributed by atoms with Gasteiger partial charge in [-0.2, -0.15) is 0 Å². The lowest BCUT2D eigenvalue weighted by Gasteiger charge is -2.19. The Kier molecular flexibility index (Phi) is 6.22. The molecule has 0 radical (unpaired) electrons. The number of benzene rings is 1. The van der Waals surface area contributed by atoms with Gasteiger partial charge < -0.3 is 19.7 Å². The molecule has 1 aliphatic carbocycles. The largest absolute Gasteiger partial charge is 0.573 e. The second-order valence-electron chi connectivity index (χ2n) is 7.91. The zero-order valence-corrected chi connectivity index (χ0v) is 17.3. The van der Waals surface area contributed by atoms with Crippen LogP contribution in [0.25, 0.3) is 10.9 Å². The number of fused-ring (bicyclic) bond motifs is 2. The van der Waals surface area contributed by atoms with Crippen LogP contribution in [-0.2, 0) is 12.8 Å². The van der Waals surface area contributed by atoms with Crippen molar-refractivity contribution in [2.75, 3.05) is 38.1 Å². The Bertz CT molecular complexity index is 896. The Hall–Kier alpha value is -2.22. The molecule has 0 atom stereocenters. The minimum atomic E-state index is -4.79. The van der Waals surface area contributed by atoms with Gasteiger partial charge in [-0.25, -0.2) is 0 Å². The number of nitrogens with zero attached hydrogens (tertiary/aromatic N) is 2. The van der Waals surface area contributed by atoms with Crippen molar-refractivity contribution in [2.45, 2.75) is 51.8 Å². The van der Waals surface area contributed by atoms with Crippen LogP contribution in [0.2, 0.25) is 0 Å². The van der Waals surface area contributed by atoms with Crippen molar-refractivity contribution in [2.24, 2.45) is 0 Å². The predicted octanol–water partition coefficient (Wildman–Crippen LogP) is 4.92. The molecule has 4 rings (SSSR count). The highest BCUT2D eigenvalue weighted by Gasteiger charge is 2.33. The number of hydrogen-bond donors (Lipinski definition) is 1. The Morgan fingerprint density at radius 2 is 1.90 bits per heavy atom. The predicted molar refractivity (Wildman–Crippen MR) is 110 cm³/mol. The van der Waals surface area contributed by atoms with Gasteiger partial charge in [-0.05, 0) is 70.2 Å². The molecular weight excluding hydrogens is 395 g/mol. The molecule has 1 fully saturated rings. The number of likely N-dealkylation sites (tertiary alicyclic amines) is 1. The van der Waals surface area contributed by atoms with Crippen molar-refractivity contribution in [3.05, 3.63) is 23.4 Å². The minimum absolute atomic E-state index is 0.0918. The molecule has 8 heteroatoms. The molecule has 0 amide bonds. The van der Waals surface area contributed by atoms with Gasteiger partial charge in [0.2, 0.25) is 0 Å². The van der Waals surface area contributed by atoms with E-state index in [1.54, 1.807) is 6.07 Å². The van der Waals surface area contributed by atoms with Crippen LogP contribution in [0.3, 0.4) is 0 Å². The lowest BCUT2D eigenvalue weighted by Crippen LogP contribution is -2.22. The average molecular weight is 423 g/mol. The van der Waals surface area contributed by atoms with Gasteiger partial charge in [0.15, 0.2) is 11.5 Å². The quantitative estimate of drug-likeness (QED) is 0.611. The first-order chi connectivity index (χ1) is 14.4. The number of alkyl halides is 3. The van der Waals surface area contributed by atoms with Gasteiger partial charge in [0.1, 0.15) is 0 Å². The summed E-state index contributed by atoms with van der Waals surface area (Å²) in [6, 6.07) is 3.01. The topological polar surface area (TPSA) is 46.6 Å². The van der Waals surface area contributed by atoms with E-state index in [-0.39, 0.29) is 11.5 Å². The van der Waals surface area contributed by atoms with Crippen LogP contribution in [0.1, 0.15) is 43.9 Å². The Morgan fingerprint density at radius 3 is 2.63 bits per heavy atom. The molecule has 164 valence electrons. The highest BCUT2D eigenvalue weighted by Crippen LogP contribution is 2.41. The molecule has 2 aromatic rings. The summed E-state index contributed by atoms with van der Waals surface area (Å²) in [4.78, 5) is 7.07. The SMILES string of the molecule is CCNc1c2c(nc3cc(OCCCN4CCCC4)c(OC(F)(F)F)cc13)CCC2. The molecule has 1 aromatic heterocycles. The summed E-state index contributed by atoms with van der Waals surface area (Å²) >= 11 is 0. The zero-order chi connectivity index (χ0) is 21.1. The number of ether oxygens (including phenoxy) is 2. The monoisotopic (exact) mass is 423 g/mol. The number of anilines is 1. The van der Waals surface area contributed by atoms with Crippen LogP contribution < -0.4 is 14.8 Å². The minimum Gasteiger partial charge on any atom is -0.490 e.